The van der Waals surface area contributed by atoms with Gasteiger partial charge in [0.1, 0.15) is 11.5 Å². The fourth-order valence-corrected chi connectivity index (χ4v) is 2.45. The highest BCUT2D eigenvalue weighted by atomic mass is 16.5. The van der Waals surface area contributed by atoms with Crippen molar-refractivity contribution in [3.05, 3.63) is 54.1 Å². The molecule has 0 aliphatic heterocycles. The number of ether oxygens (including phenoxy) is 2. The Morgan fingerprint density at radius 1 is 0.960 bits per heavy atom. The molecule has 4 nitrogen and oxygen atoms in total. The van der Waals surface area contributed by atoms with Gasteiger partial charge in [-0.15, -0.1) is 0 Å². The third-order valence-electron chi connectivity index (χ3n) is 3.91. The van der Waals surface area contributed by atoms with Crippen LogP contribution in [0.1, 0.15) is 44.6 Å². The molecule has 2 aromatic rings. The van der Waals surface area contributed by atoms with Gasteiger partial charge in [-0.1, -0.05) is 44.7 Å². The summed E-state index contributed by atoms with van der Waals surface area (Å²) in [5.41, 5.74) is 4.90. The van der Waals surface area contributed by atoms with Crippen molar-refractivity contribution < 1.29 is 9.47 Å². The topological polar surface area (TPSA) is 42.8 Å². The zero-order valence-corrected chi connectivity index (χ0v) is 15.2. The smallest absolute Gasteiger partial charge is 0.128 e. The Bertz CT molecular complexity index is 639. The largest absolute Gasteiger partial charge is 0.497 e. The Kier molecular flexibility index (Phi) is 8.39. The van der Waals surface area contributed by atoms with Crippen molar-refractivity contribution in [3.63, 3.8) is 0 Å². The number of para-hydroxylation sites is 1. The third-order valence-corrected chi connectivity index (χ3v) is 3.91. The quantitative estimate of drug-likeness (QED) is 0.334. The summed E-state index contributed by atoms with van der Waals surface area (Å²) in [6.45, 7) is 2.98. The van der Waals surface area contributed by atoms with E-state index in [1.165, 1.54) is 25.7 Å². The van der Waals surface area contributed by atoms with Crippen molar-refractivity contribution in [2.75, 3.05) is 19.1 Å². The van der Waals surface area contributed by atoms with Gasteiger partial charge in [-0.05, 0) is 42.8 Å². The van der Waals surface area contributed by atoms with E-state index in [9.17, 15) is 0 Å². The van der Waals surface area contributed by atoms with Gasteiger partial charge in [-0.3, -0.25) is 5.43 Å². The van der Waals surface area contributed by atoms with Crippen LogP contribution in [0, 0.1) is 0 Å². The van der Waals surface area contributed by atoms with Crippen LogP contribution < -0.4 is 14.9 Å². The third kappa shape index (κ3) is 6.87. The Balaban J connectivity index is 1.84. The summed E-state index contributed by atoms with van der Waals surface area (Å²) in [4.78, 5) is 0. The summed E-state index contributed by atoms with van der Waals surface area (Å²) >= 11 is 0. The molecule has 134 valence electrons. The van der Waals surface area contributed by atoms with Crippen LogP contribution in [0.3, 0.4) is 0 Å². The van der Waals surface area contributed by atoms with Crippen molar-refractivity contribution >= 4 is 11.9 Å². The summed E-state index contributed by atoms with van der Waals surface area (Å²) in [7, 11) is 1.65. The molecular formula is C21H28N2O2. The van der Waals surface area contributed by atoms with Crippen LogP contribution in [0.25, 0.3) is 0 Å². The van der Waals surface area contributed by atoms with E-state index in [0.717, 1.165) is 35.8 Å². The minimum absolute atomic E-state index is 0.750. The number of nitrogens with zero attached hydrogens (tertiary/aromatic N) is 1. The monoisotopic (exact) mass is 340 g/mol. The van der Waals surface area contributed by atoms with Crippen molar-refractivity contribution in [1.82, 2.24) is 0 Å². The van der Waals surface area contributed by atoms with Crippen LogP contribution >= 0.6 is 0 Å². The van der Waals surface area contributed by atoms with E-state index in [-0.39, 0.29) is 0 Å². The Hall–Kier alpha value is -2.49. The average molecular weight is 340 g/mol. The molecule has 0 saturated heterocycles. The normalized spacial score (nSPS) is 10.8. The van der Waals surface area contributed by atoms with Crippen LogP contribution in [-0.4, -0.2) is 19.9 Å². The van der Waals surface area contributed by atoms with Crippen LogP contribution in [-0.2, 0) is 0 Å². The Morgan fingerprint density at radius 3 is 2.48 bits per heavy atom. The molecule has 25 heavy (non-hydrogen) atoms. The predicted octanol–water partition coefficient (Wildman–Crippen LogP) is 5.49. The predicted molar refractivity (Wildman–Crippen MR) is 105 cm³/mol. The molecule has 1 N–H and O–H groups in total. The summed E-state index contributed by atoms with van der Waals surface area (Å²) in [5, 5.41) is 4.30. The van der Waals surface area contributed by atoms with Crippen molar-refractivity contribution in [3.8, 4) is 11.5 Å². The number of anilines is 1. The highest BCUT2D eigenvalue weighted by molar-refractivity contribution is 5.84. The number of nitrogens with one attached hydrogen (secondary N) is 1. The van der Waals surface area contributed by atoms with E-state index in [4.69, 9.17) is 9.47 Å². The number of hydrogen-bond acceptors (Lipinski definition) is 4. The van der Waals surface area contributed by atoms with Crippen LogP contribution in [0.5, 0.6) is 11.5 Å². The molecule has 2 aromatic carbocycles. The van der Waals surface area contributed by atoms with Crippen LogP contribution in [0.15, 0.2) is 53.6 Å². The number of methoxy groups -OCH3 is 1. The molecule has 0 spiro atoms. The molecule has 0 unspecified atom stereocenters. The van der Waals surface area contributed by atoms with Gasteiger partial charge in [0.15, 0.2) is 0 Å². The van der Waals surface area contributed by atoms with Gasteiger partial charge < -0.3 is 9.47 Å². The van der Waals surface area contributed by atoms with Crippen molar-refractivity contribution in [2.45, 2.75) is 39.0 Å². The lowest BCUT2D eigenvalue weighted by atomic mass is 10.2. The number of unbranched alkanes of at least 4 members (excludes halogenated alkanes) is 4. The molecule has 0 saturated carbocycles. The standard InChI is InChI=1S/C21H28N2O2/c1-3-4-5-6-9-16-25-21-11-8-7-10-18(21)17-22-23-19-12-14-20(24-2)15-13-19/h7-8,10-15,17,23H,3-6,9,16H2,1-2H3/b22-17+. The van der Waals surface area contributed by atoms with E-state index >= 15 is 0 Å². The number of rotatable bonds is 11. The molecule has 0 aliphatic rings. The van der Waals surface area contributed by atoms with Crippen LogP contribution in [0.4, 0.5) is 5.69 Å². The second-order valence-electron chi connectivity index (χ2n) is 5.90. The molecule has 0 aromatic heterocycles. The molecule has 2 rings (SSSR count). The SMILES string of the molecule is CCCCCCCOc1ccccc1/C=N/Nc1ccc(OC)cc1. The summed E-state index contributed by atoms with van der Waals surface area (Å²) in [6, 6.07) is 15.6. The minimum Gasteiger partial charge on any atom is -0.497 e. The lowest BCUT2D eigenvalue weighted by Gasteiger charge is -2.09. The number of benzene rings is 2. The van der Waals surface area contributed by atoms with Crippen molar-refractivity contribution in [1.29, 1.82) is 0 Å². The fourth-order valence-electron chi connectivity index (χ4n) is 2.45. The maximum atomic E-state index is 5.91. The van der Waals surface area contributed by atoms with E-state index in [1.807, 2.05) is 48.5 Å². The Morgan fingerprint density at radius 2 is 1.72 bits per heavy atom. The highest BCUT2D eigenvalue weighted by Gasteiger charge is 2.00. The van der Waals surface area contributed by atoms with Crippen LogP contribution in [0.2, 0.25) is 0 Å². The van der Waals surface area contributed by atoms with E-state index in [1.54, 1.807) is 13.3 Å². The van der Waals surface area contributed by atoms with Gasteiger partial charge in [0, 0.05) is 5.56 Å². The first-order chi connectivity index (χ1) is 12.3. The van der Waals surface area contributed by atoms with Gasteiger partial charge in [-0.2, -0.15) is 5.10 Å². The zero-order valence-electron chi connectivity index (χ0n) is 15.2. The van der Waals surface area contributed by atoms with E-state index in [2.05, 4.69) is 17.5 Å². The molecule has 0 heterocycles. The molecule has 0 aliphatic carbocycles. The average Bonchev–Trinajstić information content (AvgIpc) is 2.66. The maximum absolute atomic E-state index is 5.91. The molecule has 0 fully saturated rings. The van der Waals surface area contributed by atoms with Gasteiger partial charge in [0.05, 0.1) is 25.6 Å². The number of hydrazone groups is 1. The first kappa shape index (κ1) is 18.8. The van der Waals surface area contributed by atoms with Gasteiger partial charge in [-0.25, -0.2) is 0 Å². The molecule has 4 heteroatoms. The lowest BCUT2D eigenvalue weighted by Crippen LogP contribution is -2.00. The Labute approximate surface area is 150 Å². The summed E-state index contributed by atoms with van der Waals surface area (Å²) < 4.78 is 11.1. The lowest BCUT2D eigenvalue weighted by molar-refractivity contribution is 0.304. The summed E-state index contributed by atoms with van der Waals surface area (Å²) in [6.07, 6.45) is 7.96. The first-order valence-corrected chi connectivity index (χ1v) is 8.98. The minimum atomic E-state index is 0.750. The summed E-state index contributed by atoms with van der Waals surface area (Å²) in [5.74, 6) is 1.70. The fraction of sp³-hybridized carbons (Fsp3) is 0.381. The second-order valence-corrected chi connectivity index (χ2v) is 5.90. The highest BCUT2D eigenvalue weighted by Crippen LogP contribution is 2.18. The van der Waals surface area contributed by atoms with Gasteiger partial charge in [0.2, 0.25) is 0 Å². The van der Waals surface area contributed by atoms with Gasteiger partial charge in [0.25, 0.3) is 0 Å². The molecule has 0 bridgehead atoms. The molecule has 0 radical (unpaired) electrons. The van der Waals surface area contributed by atoms with E-state index < -0.39 is 0 Å². The second kappa shape index (κ2) is 11.1. The molecule has 0 atom stereocenters. The molecule has 0 amide bonds. The zero-order chi connectivity index (χ0) is 17.7. The van der Waals surface area contributed by atoms with Crippen molar-refractivity contribution in [2.24, 2.45) is 5.10 Å². The maximum Gasteiger partial charge on any atom is 0.128 e. The van der Waals surface area contributed by atoms with E-state index in [0.29, 0.717) is 0 Å². The number of hydrogen-bond donors (Lipinski definition) is 1. The van der Waals surface area contributed by atoms with Gasteiger partial charge >= 0.3 is 0 Å². The first-order valence-electron chi connectivity index (χ1n) is 8.98. The molecular weight excluding hydrogens is 312 g/mol.